The fourth-order valence-electron chi connectivity index (χ4n) is 1.57. The lowest BCUT2D eigenvalue weighted by molar-refractivity contribution is 0.273. The summed E-state index contributed by atoms with van der Waals surface area (Å²) in [6.45, 7) is 0.139. The van der Waals surface area contributed by atoms with Crippen LogP contribution in [-0.2, 0) is 20.2 Å². The molecular formula is C12H13F2N3O. The second kappa shape index (κ2) is 5.14. The molecule has 1 aromatic heterocycles. The van der Waals surface area contributed by atoms with Crippen LogP contribution in [0, 0.1) is 11.6 Å². The summed E-state index contributed by atoms with van der Waals surface area (Å²) in [5.74, 6) is -1.89. The van der Waals surface area contributed by atoms with Crippen molar-refractivity contribution in [3.05, 3.63) is 47.3 Å². The van der Waals surface area contributed by atoms with Crippen LogP contribution in [0.4, 0.5) is 8.78 Å². The summed E-state index contributed by atoms with van der Waals surface area (Å²) >= 11 is 0. The van der Waals surface area contributed by atoms with E-state index in [1.54, 1.807) is 24.1 Å². The highest BCUT2D eigenvalue weighted by Gasteiger charge is 2.12. The number of hydrogen-bond acceptors (Lipinski definition) is 3. The molecule has 0 radical (unpaired) electrons. The number of rotatable bonds is 4. The van der Waals surface area contributed by atoms with Crippen molar-refractivity contribution in [2.45, 2.75) is 13.2 Å². The summed E-state index contributed by atoms with van der Waals surface area (Å²) in [6.07, 6.45) is 3.29. The van der Waals surface area contributed by atoms with E-state index in [1.807, 2.05) is 0 Å². The first-order valence-electron chi connectivity index (χ1n) is 5.38. The van der Waals surface area contributed by atoms with E-state index < -0.39 is 17.4 Å². The van der Waals surface area contributed by atoms with E-state index >= 15 is 0 Å². The Morgan fingerprint density at radius 1 is 1.28 bits per heavy atom. The highest BCUT2D eigenvalue weighted by Crippen LogP contribution is 2.24. The molecule has 0 unspecified atom stereocenters. The van der Waals surface area contributed by atoms with Gasteiger partial charge in [0.05, 0.1) is 6.20 Å². The van der Waals surface area contributed by atoms with Gasteiger partial charge < -0.3 is 10.5 Å². The van der Waals surface area contributed by atoms with Gasteiger partial charge in [-0.2, -0.15) is 5.10 Å². The number of hydrogen-bond donors (Lipinski definition) is 1. The maximum absolute atomic E-state index is 13.6. The number of halogens is 2. The summed E-state index contributed by atoms with van der Waals surface area (Å²) in [7, 11) is 1.75. The zero-order valence-electron chi connectivity index (χ0n) is 9.86. The van der Waals surface area contributed by atoms with Crippen LogP contribution in [0.3, 0.4) is 0 Å². The van der Waals surface area contributed by atoms with Gasteiger partial charge in [0.15, 0.2) is 17.4 Å². The van der Waals surface area contributed by atoms with Crippen molar-refractivity contribution in [3.63, 3.8) is 0 Å². The molecule has 0 saturated heterocycles. The van der Waals surface area contributed by atoms with Gasteiger partial charge in [-0.3, -0.25) is 4.68 Å². The maximum atomic E-state index is 13.6. The Labute approximate surface area is 103 Å². The van der Waals surface area contributed by atoms with E-state index in [9.17, 15) is 8.78 Å². The molecule has 0 aliphatic heterocycles. The van der Waals surface area contributed by atoms with Gasteiger partial charge in [-0.05, 0) is 17.7 Å². The van der Waals surface area contributed by atoms with Crippen LogP contribution in [0.15, 0.2) is 24.5 Å². The Balaban J connectivity index is 2.14. The maximum Gasteiger partial charge on any atom is 0.191 e. The minimum Gasteiger partial charge on any atom is -0.483 e. The first-order chi connectivity index (χ1) is 8.60. The van der Waals surface area contributed by atoms with Crippen LogP contribution in [-0.4, -0.2) is 9.78 Å². The molecule has 4 nitrogen and oxygen atoms in total. The lowest BCUT2D eigenvalue weighted by Crippen LogP contribution is -2.03. The molecule has 0 saturated carbocycles. The second-order valence-electron chi connectivity index (χ2n) is 3.90. The summed E-state index contributed by atoms with van der Waals surface area (Å²) in [5, 5.41) is 3.93. The summed E-state index contributed by atoms with van der Waals surface area (Å²) in [4.78, 5) is 0. The molecule has 1 aromatic carbocycles. The van der Waals surface area contributed by atoms with Gasteiger partial charge in [0.2, 0.25) is 0 Å². The molecule has 0 aliphatic carbocycles. The molecule has 2 aromatic rings. The second-order valence-corrected chi connectivity index (χ2v) is 3.90. The minimum atomic E-state index is -0.751. The van der Waals surface area contributed by atoms with E-state index in [4.69, 9.17) is 10.5 Å². The molecule has 6 heteroatoms. The van der Waals surface area contributed by atoms with Gasteiger partial charge in [-0.15, -0.1) is 0 Å². The molecule has 0 spiro atoms. The van der Waals surface area contributed by atoms with Gasteiger partial charge in [-0.1, -0.05) is 0 Å². The van der Waals surface area contributed by atoms with Gasteiger partial charge >= 0.3 is 0 Å². The molecule has 96 valence electrons. The standard InChI is InChI=1S/C12H13F2N3O/c1-17-6-9(5-16-17)7-18-12-10(13)2-8(4-15)3-11(12)14/h2-3,5-6H,4,7,15H2,1H3. The average Bonchev–Trinajstić information content (AvgIpc) is 2.73. The Morgan fingerprint density at radius 3 is 2.44 bits per heavy atom. The zero-order chi connectivity index (χ0) is 13.1. The average molecular weight is 253 g/mol. The van der Waals surface area contributed by atoms with Crippen LogP contribution in [0.25, 0.3) is 0 Å². The summed E-state index contributed by atoms with van der Waals surface area (Å²) in [6, 6.07) is 2.34. The lowest BCUT2D eigenvalue weighted by Gasteiger charge is -2.08. The fourth-order valence-corrected chi connectivity index (χ4v) is 1.57. The molecule has 2 rings (SSSR count). The highest BCUT2D eigenvalue weighted by molar-refractivity contribution is 5.31. The van der Waals surface area contributed by atoms with Crippen LogP contribution >= 0.6 is 0 Å². The minimum absolute atomic E-state index is 0.0592. The Hall–Kier alpha value is -1.95. The molecular weight excluding hydrogens is 240 g/mol. The predicted octanol–water partition coefficient (Wildman–Crippen LogP) is 1.74. The van der Waals surface area contributed by atoms with Crippen molar-refractivity contribution in [3.8, 4) is 5.75 Å². The van der Waals surface area contributed by atoms with Crippen LogP contribution < -0.4 is 10.5 Å². The summed E-state index contributed by atoms with van der Waals surface area (Å²) < 4.78 is 33.8. The third-order valence-corrected chi connectivity index (χ3v) is 2.44. The number of aromatic nitrogens is 2. The molecule has 2 N–H and O–H groups in total. The number of aryl methyl sites for hydroxylation is 1. The third kappa shape index (κ3) is 2.65. The monoisotopic (exact) mass is 253 g/mol. The van der Waals surface area contributed by atoms with Gasteiger partial charge in [0, 0.05) is 25.4 Å². The Kier molecular flexibility index (Phi) is 3.57. The molecule has 1 heterocycles. The van der Waals surface area contributed by atoms with Crippen molar-refractivity contribution in [2.24, 2.45) is 12.8 Å². The largest absolute Gasteiger partial charge is 0.483 e. The van der Waals surface area contributed by atoms with E-state index in [0.29, 0.717) is 5.56 Å². The first-order valence-corrected chi connectivity index (χ1v) is 5.38. The summed E-state index contributed by atoms with van der Waals surface area (Å²) in [5.41, 5.74) is 6.44. The fraction of sp³-hybridized carbons (Fsp3) is 0.250. The molecule has 0 bridgehead atoms. The van der Waals surface area contributed by atoms with Crippen molar-refractivity contribution in [2.75, 3.05) is 0 Å². The molecule has 18 heavy (non-hydrogen) atoms. The normalized spacial score (nSPS) is 10.7. The molecule has 0 atom stereocenters. The van der Waals surface area contributed by atoms with Crippen LogP contribution in [0.2, 0.25) is 0 Å². The van der Waals surface area contributed by atoms with Crippen molar-refractivity contribution < 1.29 is 13.5 Å². The third-order valence-electron chi connectivity index (χ3n) is 2.44. The number of nitrogens with zero attached hydrogens (tertiary/aromatic N) is 2. The smallest absolute Gasteiger partial charge is 0.191 e. The number of nitrogens with two attached hydrogens (primary N) is 1. The van der Waals surface area contributed by atoms with Crippen molar-refractivity contribution >= 4 is 0 Å². The number of benzene rings is 1. The highest BCUT2D eigenvalue weighted by atomic mass is 19.1. The predicted molar refractivity (Wildman–Crippen MR) is 61.8 cm³/mol. The quantitative estimate of drug-likeness (QED) is 0.903. The first kappa shape index (κ1) is 12.5. The van der Waals surface area contributed by atoms with Crippen molar-refractivity contribution in [1.82, 2.24) is 9.78 Å². The Bertz CT molecular complexity index is 531. The van der Waals surface area contributed by atoms with Gasteiger partial charge in [-0.25, -0.2) is 8.78 Å². The topological polar surface area (TPSA) is 53.1 Å². The molecule has 0 fully saturated rings. The van der Waals surface area contributed by atoms with E-state index in [-0.39, 0.29) is 13.2 Å². The SMILES string of the molecule is Cn1cc(COc2c(F)cc(CN)cc2F)cn1. The Morgan fingerprint density at radius 2 is 1.94 bits per heavy atom. The molecule has 0 amide bonds. The van der Waals surface area contributed by atoms with Crippen molar-refractivity contribution in [1.29, 1.82) is 0 Å². The van der Waals surface area contributed by atoms with Crippen LogP contribution in [0.5, 0.6) is 5.75 Å². The number of ether oxygens (including phenoxy) is 1. The van der Waals surface area contributed by atoms with Gasteiger partial charge in [0.25, 0.3) is 0 Å². The molecule has 0 aliphatic rings. The van der Waals surface area contributed by atoms with Crippen LogP contribution in [0.1, 0.15) is 11.1 Å². The van der Waals surface area contributed by atoms with E-state index in [2.05, 4.69) is 5.10 Å². The van der Waals surface area contributed by atoms with Gasteiger partial charge in [0.1, 0.15) is 6.61 Å². The van der Waals surface area contributed by atoms with E-state index in [1.165, 1.54) is 12.1 Å². The van der Waals surface area contributed by atoms with E-state index in [0.717, 1.165) is 5.56 Å². The zero-order valence-corrected chi connectivity index (χ0v) is 9.86. The lowest BCUT2D eigenvalue weighted by atomic mass is 10.2.